The van der Waals surface area contributed by atoms with Gasteiger partial charge in [0.15, 0.2) is 5.75 Å². The topological polar surface area (TPSA) is 12.5 Å². The second-order valence-electron chi connectivity index (χ2n) is 20.7. The van der Waals surface area contributed by atoms with Crippen molar-refractivity contribution in [3.63, 3.8) is 0 Å². The van der Waals surface area contributed by atoms with Crippen LogP contribution in [0.3, 0.4) is 0 Å². The van der Waals surface area contributed by atoms with Crippen LogP contribution < -0.4 is 9.64 Å². The van der Waals surface area contributed by atoms with Gasteiger partial charge in [-0.05, 0) is 156 Å². The Morgan fingerprint density at radius 1 is 0.500 bits per heavy atom. The molecule has 0 unspecified atom stereocenters. The second-order valence-corrected chi connectivity index (χ2v) is 20.7. The number of fused-ring (bicyclic) bond motifs is 4. The van der Waals surface area contributed by atoms with Crippen molar-refractivity contribution < 1.29 is 4.74 Å². The summed E-state index contributed by atoms with van der Waals surface area (Å²) in [5.41, 5.74) is 13.1. The van der Waals surface area contributed by atoms with Gasteiger partial charge in [0.1, 0.15) is 5.75 Å². The standard InChI is InChI=1S/C50H59NO/c1-46(2)21-22-48(5,6)40-30-35(19-20-36(40)46)51(41-16-11-14-38-44(41)49(7,8)24-23-47(38,3)4)42-17-12-15-39-45(42)52-43-18-10-9-13-37(43)50(39)33-26-31-25-32(28-33)29-34(50)27-31/h9-20,30-34H,21-29H2,1-8H3. The summed E-state index contributed by atoms with van der Waals surface area (Å²) in [7, 11) is 0. The highest BCUT2D eigenvalue weighted by molar-refractivity contribution is 5.86. The molecule has 1 spiro atoms. The molecule has 6 aliphatic carbocycles. The van der Waals surface area contributed by atoms with Crippen LogP contribution in [0.25, 0.3) is 0 Å². The Morgan fingerprint density at radius 2 is 1.06 bits per heavy atom. The van der Waals surface area contributed by atoms with Crippen LogP contribution in [0.15, 0.2) is 78.9 Å². The van der Waals surface area contributed by atoms with Gasteiger partial charge in [-0.1, -0.05) is 104 Å². The Hall–Kier alpha value is -3.52. The molecule has 0 aromatic heterocycles. The summed E-state index contributed by atoms with van der Waals surface area (Å²) in [5, 5.41) is 0. The maximum absolute atomic E-state index is 7.35. The Morgan fingerprint density at radius 3 is 1.75 bits per heavy atom. The fraction of sp³-hybridized carbons (Fsp3) is 0.520. The maximum Gasteiger partial charge on any atom is 0.155 e. The minimum atomic E-state index is 0.0124. The third kappa shape index (κ3) is 4.48. The third-order valence-electron chi connectivity index (χ3n) is 15.8. The van der Waals surface area contributed by atoms with E-state index in [1.165, 1.54) is 108 Å². The van der Waals surface area contributed by atoms with Crippen LogP contribution in [0.1, 0.15) is 147 Å². The number of anilines is 3. The van der Waals surface area contributed by atoms with Crippen LogP contribution >= 0.6 is 0 Å². The highest BCUT2D eigenvalue weighted by atomic mass is 16.5. The predicted octanol–water partition coefficient (Wildman–Crippen LogP) is 13.7. The van der Waals surface area contributed by atoms with Crippen molar-refractivity contribution in [3.05, 3.63) is 112 Å². The zero-order chi connectivity index (χ0) is 36.0. The maximum atomic E-state index is 7.35. The molecule has 0 atom stereocenters. The SMILES string of the molecule is CC1(C)CCC(C)(C)c2cc(N(c3cccc4c3Oc3ccccc3C43C4CC5CC(C4)CC3C5)c3cccc4c3C(C)(C)CCC4(C)C)ccc21. The lowest BCUT2D eigenvalue weighted by atomic mass is 9.42. The lowest BCUT2D eigenvalue weighted by Crippen LogP contribution is -2.57. The monoisotopic (exact) mass is 689 g/mol. The molecule has 1 heterocycles. The minimum Gasteiger partial charge on any atom is -0.455 e. The first-order chi connectivity index (χ1) is 24.7. The van der Waals surface area contributed by atoms with Crippen LogP contribution in [0.2, 0.25) is 0 Å². The Balaban J connectivity index is 1.26. The number of para-hydroxylation sites is 2. The molecule has 0 radical (unpaired) electrons. The van der Waals surface area contributed by atoms with Gasteiger partial charge in [-0.3, -0.25) is 0 Å². The van der Waals surface area contributed by atoms with Gasteiger partial charge in [-0.15, -0.1) is 0 Å². The first-order valence-corrected chi connectivity index (χ1v) is 20.7. The molecule has 0 saturated heterocycles. The van der Waals surface area contributed by atoms with Gasteiger partial charge < -0.3 is 9.64 Å². The first-order valence-electron chi connectivity index (χ1n) is 20.7. The summed E-state index contributed by atoms with van der Waals surface area (Å²) in [5.74, 6) is 5.32. The molecule has 4 aromatic rings. The number of nitrogens with zero attached hydrogens (tertiary/aromatic N) is 1. The van der Waals surface area contributed by atoms with Crippen molar-refractivity contribution in [2.24, 2.45) is 23.7 Å². The number of hydrogen-bond acceptors (Lipinski definition) is 2. The van der Waals surface area contributed by atoms with Crippen molar-refractivity contribution in [2.75, 3.05) is 4.90 Å². The van der Waals surface area contributed by atoms with Crippen LogP contribution in [0, 0.1) is 23.7 Å². The van der Waals surface area contributed by atoms with E-state index in [1.807, 2.05) is 0 Å². The lowest BCUT2D eigenvalue weighted by molar-refractivity contribution is -0.0451. The van der Waals surface area contributed by atoms with Gasteiger partial charge in [-0.2, -0.15) is 0 Å². The summed E-state index contributed by atoms with van der Waals surface area (Å²) in [4.78, 5) is 2.65. The van der Waals surface area contributed by atoms with Crippen molar-refractivity contribution in [1.29, 1.82) is 0 Å². The van der Waals surface area contributed by atoms with E-state index in [2.05, 4.69) is 139 Å². The van der Waals surface area contributed by atoms with E-state index in [4.69, 9.17) is 4.74 Å². The number of rotatable bonds is 3. The molecule has 4 aromatic carbocycles. The molecule has 1 aliphatic heterocycles. The zero-order valence-corrected chi connectivity index (χ0v) is 33.0. The number of ether oxygens (including phenoxy) is 1. The van der Waals surface area contributed by atoms with Crippen LogP contribution in [-0.2, 0) is 27.1 Å². The summed E-state index contributed by atoms with van der Waals surface area (Å²) in [6.07, 6.45) is 11.7. The van der Waals surface area contributed by atoms with E-state index in [9.17, 15) is 0 Å². The Labute approximate surface area is 313 Å². The van der Waals surface area contributed by atoms with E-state index in [0.29, 0.717) is 11.8 Å². The van der Waals surface area contributed by atoms with Crippen molar-refractivity contribution >= 4 is 17.1 Å². The van der Waals surface area contributed by atoms with Gasteiger partial charge in [0.05, 0.1) is 11.4 Å². The zero-order valence-electron chi connectivity index (χ0n) is 33.0. The van der Waals surface area contributed by atoms with E-state index in [0.717, 1.165) is 23.3 Å². The summed E-state index contributed by atoms with van der Waals surface area (Å²) in [6, 6.07) is 31.1. The molecule has 2 nitrogen and oxygen atoms in total. The van der Waals surface area contributed by atoms with Crippen LogP contribution in [0.5, 0.6) is 11.5 Å². The van der Waals surface area contributed by atoms with Crippen molar-refractivity contribution in [3.8, 4) is 11.5 Å². The first kappa shape index (κ1) is 33.1. The van der Waals surface area contributed by atoms with Gasteiger partial charge in [0.25, 0.3) is 0 Å². The fourth-order valence-electron chi connectivity index (χ4n) is 13.1. The molecule has 0 amide bonds. The van der Waals surface area contributed by atoms with Crippen molar-refractivity contribution in [1.82, 2.24) is 0 Å². The molecule has 7 aliphatic rings. The normalized spacial score (nSPS) is 30.5. The molecule has 0 N–H and O–H groups in total. The average molecular weight is 690 g/mol. The quantitative estimate of drug-likeness (QED) is 0.212. The fourth-order valence-corrected chi connectivity index (χ4v) is 13.1. The molecular weight excluding hydrogens is 631 g/mol. The van der Waals surface area contributed by atoms with E-state index >= 15 is 0 Å². The molecular formula is C50H59NO. The molecule has 4 bridgehead atoms. The predicted molar refractivity (Wildman–Crippen MR) is 216 cm³/mol. The third-order valence-corrected chi connectivity index (χ3v) is 15.8. The van der Waals surface area contributed by atoms with E-state index in [1.54, 1.807) is 0 Å². The largest absolute Gasteiger partial charge is 0.455 e. The second kappa shape index (κ2) is 10.8. The summed E-state index contributed by atoms with van der Waals surface area (Å²) < 4.78 is 7.35. The number of benzene rings is 4. The molecule has 52 heavy (non-hydrogen) atoms. The van der Waals surface area contributed by atoms with Gasteiger partial charge in [0, 0.05) is 22.2 Å². The highest BCUT2D eigenvalue weighted by Crippen LogP contribution is 2.70. The lowest BCUT2D eigenvalue weighted by Gasteiger charge is -2.63. The smallest absolute Gasteiger partial charge is 0.155 e. The van der Waals surface area contributed by atoms with Gasteiger partial charge in [-0.25, -0.2) is 0 Å². The van der Waals surface area contributed by atoms with E-state index in [-0.39, 0.29) is 27.1 Å². The van der Waals surface area contributed by atoms with Crippen LogP contribution in [0.4, 0.5) is 17.1 Å². The summed E-state index contributed by atoms with van der Waals surface area (Å²) in [6.45, 7) is 19.7. The molecule has 4 saturated carbocycles. The van der Waals surface area contributed by atoms with Gasteiger partial charge in [0.2, 0.25) is 0 Å². The highest BCUT2D eigenvalue weighted by Gasteiger charge is 2.61. The Bertz CT molecular complexity index is 2080. The molecule has 270 valence electrons. The summed E-state index contributed by atoms with van der Waals surface area (Å²) >= 11 is 0. The van der Waals surface area contributed by atoms with Crippen LogP contribution in [-0.4, -0.2) is 0 Å². The number of hydrogen-bond donors (Lipinski definition) is 0. The minimum absolute atomic E-state index is 0.0124. The molecule has 11 rings (SSSR count). The van der Waals surface area contributed by atoms with E-state index < -0.39 is 0 Å². The Kier molecular flexibility index (Phi) is 6.87. The molecule has 4 fully saturated rings. The average Bonchev–Trinajstić information content (AvgIpc) is 3.11. The van der Waals surface area contributed by atoms with Gasteiger partial charge >= 0.3 is 0 Å². The van der Waals surface area contributed by atoms with Crippen molar-refractivity contribution in [2.45, 2.75) is 140 Å². The molecule has 2 heteroatoms.